The van der Waals surface area contributed by atoms with Crippen LogP contribution in [0.5, 0.6) is 0 Å². The lowest BCUT2D eigenvalue weighted by molar-refractivity contribution is 0.1000. The number of halogens is 1. The van der Waals surface area contributed by atoms with Crippen molar-refractivity contribution in [1.29, 1.82) is 0 Å². The van der Waals surface area contributed by atoms with Crippen LogP contribution in [0.3, 0.4) is 0 Å². The summed E-state index contributed by atoms with van der Waals surface area (Å²) in [7, 11) is 0. The van der Waals surface area contributed by atoms with Crippen LogP contribution in [0.1, 0.15) is 67.2 Å². The van der Waals surface area contributed by atoms with Gasteiger partial charge in [-0.1, -0.05) is 56.3 Å². The average molecular weight is 373 g/mol. The van der Waals surface area contributed by atoms with E-state index in [1.54, 1.807) is 0 Å². The molecule has 1 fully saturated rings. The van der Waals surface area contributed by atoms with E-state index in [0.717, 1.165) is 36.2 Å². The molecule has 3 nitrogen and oxygen atoms in total. The molecule has 1 aliphatic rings. The van der Waals surface area contributed by atoms with Gasteiger partial charge in [0, 0.05) is 28.5 Å². The summed E-state index contributed by atoms with van der Waals surface area (Å²) in [4.78, 5) is 12.3. The molecule has 0 atom stereocenters. The van der Waals surface area contributed by atoms with Gasteiger partial charge in [0.25, 0.3) is 5.91 Å². The molecule has 1 amide bonds. The van der Waals surface area contributed by atoms with E-state index in [1.165, 1.54) is 37.8 Å². The van der Waals surface area contributed by atoms with E-state index in [2.05, 4.69) is 11.5 Å². The summed E-state index contributed by atoms with van der Waals surface area (Å²) in [6, 6.07) is 7.75. The third-order valence-corrected chi connectivity index (χ3v) is 5.91. The van der Waals surface area contributed by atoms with Crippen molar-refractivity contribution < 1.29 is 4.79 Å². The standard InChI is InChI=1S/C22H29ClN2O/c1-3-7-19-21(17-10-12-18(23)13-11-17)20(22(24)26)15(2)25(19)14-16-8-5-4-6-9-16/h10-13,16H,3-9,14H2,1-2H3,(H2,24,26). The lowest BCUT2D eigenvalue weighted by Crippen LogP contribution is -2.18. The number of carbonyl (C=O) groups is 1. The van der Waals surface area contributed by atoms with Crippen molar-refractivity contribution in [2.24, 2.45) is 11.7 Å². The highest BCUT2D eigenvalue weighted by molar-refractivity contribution is 6.30. The van der Waals surface area contributed by atoms with Crippen LogP contribution in [0.2, 0.25) is 5.02 Å². The van der Waals surface area contributed by atoms with Crippen molar-refractivity contribution in [3.63, 3.8) is 0 Å². The number of carbonyl (C=O) groups excluding carboxylic acids is 1. The molecule has 2 aromatic rings. The third kappa shape index (κ3) is 3.83. The Kier molecular flexibility index (Phi) is 6.08. The monoisotopic (exact) mass is 372 g/mol. The zero-order chi connectivity index (χ0) is 18.7. The molecule has 3 rings (SSSR count). The van der Waals surface area contributed by atoms with Gasteiger partial charge in [0.15, 0.2) is 0 Å². The van der Waals surface area contributed by atoms with Gasteiger partial charge < -0.3 is 10.3 Å². The minimum absolute atomic E-state index is 0.341. The van der Waals surface area contributed by atoms with Crippen LogP contribution in [0, 0.1) is 12.8 Å². The Hall–Kier alpha value is -1.74. The number of rotatable bonds is 6. The zero-order valence-corrected chi connectivity index (χ0v) is 16.6. The van der Waals surface area contributed by atoms with Gasteiger partial charge in [-0.3, -0.25) is 4.79 Å². The SMILES string of the molecule is CCCc1c(-c2ccc(Cl)cc2)c(C(N)=O)c(C)n1CC1CCCCC1. The van der Waals surface area contributed by atoms with Crippen LogP contribution < -0.4 is 5.73 Å². The second kappa shape index (κ2) is 8.30. The Morgan fingerprint density at radius 3 is 2.42 bits per heavy atom. The van der Waals surface area contributed by atoms with Crippen LogP contribution in [-0.4, -0.2) is 10.5 Å². The van der Waals surface area contributed by atoms with Crippen LogP contribution in [0.15, 0.2) is 24.3 Å². The van der Waals surface area contributed by atoms with Crippen molar-refractivity contribution in [2.45, 2.75) is 65.3 Å². The summed E-state index contributed by atoms with van der Waals surface area (Å²) in [6.07, 6.45) is 8.54. The highest BCUT2D eigenvalue weighted by atomic mass is 35.5. The molecule has 0 radical (unpaired) electrons. The molecule has 1 aromatic carbocycles. The Morgan fingerprint density at radius 1 is 1.19 bits per heavy atom. The molecule has 4 heteroatoms. The van der Waals surface area contributed by atoms with Gasteiger partial charge in [-0.25, -0.2) is 0 Å². The number of amides is 1. The lowest BCUT2D eigenvalue weighted by atomic mass is 9.89. The molecule has 26 heavy (non-hydrogen) atoms. The fraction of sp³-hybridized carbons (Fsp3) is 0.500. The lowest BCUT2D eigenvalue weighted by Gasteiger charge is -2.24. The zero-order valence-electron chi connectivity index (χ0n) is 15.9. The molecule has 1 aromatic heterocycles. The van der Waals surface area contributed by atoms with E-state index in [-0.39, 0.29) is 5.91 Å². The van der Waals surface area contributed by atoms with Crippen molar-refractivity contribution >= 4 is 17.5 Å². The van der Waals surface area contributed by atoms with Gasteiger partial charge in [-0.2, -0.15) is 0 Å². The molecule has 0 bridgehead atoms. The van der Waals surface area contributed by atoms with Crippen LogP contribution in [-0.2, 0) is 13.0 Å². The Balaban J connectivity index is 2.12. The van der Waals surface area contributed by atoms with E-state index < -0.39 is 0 Å². The first kappa shape index (κ1) is 19.0. The first-order valence-electron chi connectivity index (χ1n) is 9.80. The van der Waals surface area contributed by atoms with Gasteiger partial charge in [0.2, 0.25) is 0 Å². The van der Waals surface area contributed by atoms with Crippen molar-refractivity contribution in [3.05, 3.63) is 46.2 Å². The minimum atomic E-state index is -0.341. The maximum atomic E-state index is 12.3. The fourth-order valence-corrected chi connectivity index (χ4v) is 4.52. The molecule has 0 unspecified atom stereocenters. The number of hydrogen-bond donors (Lipinski definition) is 1. The number of nitrogens with two attached hydrogens (primary N) is 1. The fourth-order valence-electron chi connectivity index (χ4n) is 4.40. The molecular formula is C22H29ClN2O. The molecule has 1 aliphatic carbocycles. The predicted molar refractivity (Wildman–Crippen MR) is 109 cm³/mol. The quantitative estimate of drug-likeness (QED) is 0.689. The highest BCUT2D eigenvalue weighted by Gasteiger charge is 2.26. The van der Waals surface area contributed by atoms with Gasteiger partial charge >= 0.3 is 0 Å². The van der Waals surface area contributed by atoms with Gasteiger partial charge in [0.05, 0.1) is 5.56 Å². The number of benzene rings is 1. The van der Waals surface area contributed by atoms with Gasteiger partial charge in [-0.15, -0.1) is 0 Å². The van der Waals surface area contributed by atoms with Gasteiger partial charge in [0.1, 0.15) is 0 Å². The molecule has 140 valence electrons. The normalized spacial score (nSPS) is 15.3. The topological polar surface area (TPSA) is 48.0 Å². The highest BCUT2D eigenvalue weighted by Crippen LogP contribution is 2.36. The second-order valence-corrected chi connectivity index (χ2v) is 7.95. The van der Waals surface area contributed by atoms with Crippen molar-refractivity contribution in [1.82, 2.24) is 4.57 Å². The molecule has 0 saturated heterocycles. The summed E-state index contributed by atoms with van der Waals surface area (Å²) < 4.78 is 2.38. The van der Waals surface area contributed by atoms with Crippen LogP contribution in [0.4, 0.5) is 0 Å². The Morgan fingerprint density at radius 2 is 1.85 bits per heavy atom. The number of aromatic nitrogens is 1. The van der Waals surface area contributed by atoms with Crippen LogP contribution in [0.25, 0.3) is 11.1 Å². The van der Waals surface area contributed by atoms with E-state index in [4.69, 9.17) is 17.3 Å². The number of nitrogens with zero attached hydrogens (tertiary/aromatic N) is 1. The van der Waals surface area contributed by atoms with E-state index in [1.807, 2.05) is 31.2 Å². The smallest absolute Gasteiger partial charge is 0.251 e. The average Bonchev–Trinajstić information content (AvgIpc) is 2.90. The van der Waals surface area contributed by atoms with Gasteiger partial charge in [-0.05, 0) is 49.8 Å². The summed E-state index contributed by atoms with van der Waals surface area (Å²) in [5.74, 6) is 0.358. The van der Waals surface area contributed by atoms with E-state index >= 15 is 0 Å². The first-order chi connectivity index (χ1) is 12.5. The largest absolute Gasteiger partial charge is 0.366 e. The minimum Gasteiger partial charge on any atom is -0.366 e. The summed E-state index contributed by atoms with van der Waals surface area (Å²) in [6.45, 7) is 5.22. The predicted octanol–water partition coefficient (Wildman–Crippen LogP) is 5.75. The molecule has 1 saturated carbocycles. The van der Waals surface area contributed by atoms with Crippen LogP contribution >= 0.6 is 11.6 Å². The summed E-state index contributed by atoms with van der Waals surface area (Å²) in [5.41, 5.74) is 10.8. The number of primary amides is 1. The molecular weight excluding hydrogens is 344 g/mol. The maximum absolute atomic E-state index is 12.3. The Bertz CT molecular complexity index is 770. The Labute approximate surface area is 161 Å². The molecule has 1 heterocycles. The number of hydrogen-bond acceptors (Lipinski definition) is 1. The van der Waals surface area contributed by atoms with Crippen molar-refractivity contribution in [3.8, 4) is 11.1 Å². The second-order valence-electron chi connectivity index (χ2n) is 7.52. The van der Waals surface area contributed by atoms with E-state index in [0.29, 0.717) is 16.5 Å². The van der Waals surface area contributed by atoms with Crippen molar-refractivity contribution in [2.75, 3.05) is 0 Å². The maximum Gasteiger partial charge on any atom is 0.251 e. The molecule has 0 aliphatic heterocycles. The summed E-state index contributed by atoms with van der Waals surface area (Å²) >= 11 is 6.07. The first-order valence-corrected chi connectivity index (χ1v) is 10.2. The molecule has 0 spiro atoms. The third-order valence-electron chi connectivity index (χ3n) is 5.66. The summed E-state index contributed by atoms with van der Waals surface area (Å²) in [5, 5.41) is 0.699. The van der Waals surface area contributed by atoms with E-state index in [9.17, 15) is 4.79 Å². The molecule has 2 N–H and O–H groups in total.